The summed E-state index contributed by atoms with van der Waals surface area (Å²) in [5.41, 5.74) is 0. The summed E-state index contributed by atoms with van der Waals surface area (Å²) in [6, 6.07) is 0. The molecule has 0 aromatic carbocycles. The molecule has 0 aliphatic carbocycles. The number of hydrogen-bond donors (Lipinski definition) is 3. The largest absolute Gasteiger partial charge is 0.472 e. The predicted molar refractivity (Wildman–Crippen MR) is 432 cm³/mol. The lowest BCUT2D eigenvalue weighted by atomic mass is 9.99. The number of ether oxygens (including phenoxy) is 4. The van der Waals surface area contributed by atoms with Crippen LogP contribution in [0.1, 0.15) is 459 Å². The summed E-state index contributed by atoms with van der Waals surface area (Å²) in [5, 5.41) is 10.7. The van der Waals surface area contributed by atoms with Crippen molar-refractivity contribution in [1.82, 2.24) is 0 Å². The van der Waals surface area contributed by atoms with Crippen molar-refractivity contribution in [3.8, 4) is 0 Å². The lowest BCUT2D eigenvalue weighted by Crippen LogP contribution is -2.30. The van der Waals surface area contributed by atoms with Gasteiger partial charge in [0, 0.05) is 25.7 Å². The molecule has 0 radical (unpaired) electrons. The minimum absolute atomic E-state index is 0.106. The smallest absolute Gasteiger partial charge is 0.462 e. The van der Waals surface area contributed by atoms with Crippen molar-refractivity contribution in [1.29, 1.82) is 0 Å². The molecule has 0 saturated heterocycles. The SMILES string of the molecule is CCCCCCCCCCCCCCCCCCCCCCCC(=O)O[C@H](COC(=O)CCCCCCCCCCCCCCCCCCCC)COP(=O)(O)OC[C@@H](O)COP(=O)(O)OC[C@@H](COC(=O)CCCCCCCCCCC(C)CC)OC(=O)CCCCCCCCCCCCCC(C)C. The van der Waals surface area contributed by atoms with Gasteiger partial charge in [0.05, 0.1) is 26.4 Å². The fraction of sp³-hybridized carbons (Fsp3) is 0.953. The zero-order valence-electron chi connectivity index (χ0n) is 69.0. The van der Waals surface area contributed by atoms with Crippen molar-refractivity contribution >= 4 is 39.5 Å². The van der Waals surface area contributed by atoms with Gasteiger partial charge in [-0.25, -0.2) is 9.13 Å². The number of phosphoric ester groups is 2. The molecule has 624 valence electrons. The van der Waals surface area contributed by atoms with Gasteiger partial charge in [-0.1, -0.05) is 408 Å². The van der Waals surface area contributed by atoms with Crippen LogP contribution < -0.4 is 0 Å². The van der Waals surface area contributed by atoms with Crippen LogP contribution in [0.3, 0.4) is 0 Å². The topological polar surface area (TPSA) is 237 Å². The second-order valence-electron chi connectivity index (χ2n) is 31.6. The predicted octanol–water partition coefficient (Wildman–Crippen LogP) is 26.2. The first-order chi connectivity index (χ1) is 50.9. The minimum atomic E-state index is -4.97. The summed E-state index contributed by atoms with van der Waals surface area (Å²) >= 11 is 0. The Labute approximate surface area is 645 Å². The first-order valence-corrected chi connectivity index (χ1v) is 47.5. The number of carbonyl (C=O) groups excluding carboxylic acids is 4. The Hall–Kier alpha value is -1.94. The van der Waals surface area contributed by atoms with E-state index in [2.05, 4.69) is 41.5 Å². The molecule has 0 aromatic heterocycles. The molecule has 0 bridgehead atoms. The van der Waals surface area contributed by atoms with Crippen molar-refractivity contribution in [2.24, 2.45) is 11.8 Å². The van der Waals surface area contributed by atoms with Crippen molar-refractivity contribution in [2.45, 2.75) is 477 Å². The zero-order valence-corrected chi connectivity index (χ0v) is 70.8. The quantitative estimate of drug-likeness (QED) is 0.0222. The van der Waals surface area contributed by atoms with E-state index in [4.69, 9.17) is 37.0 Å². The molecule has 0 aliphatic rings. The number of hydrogen-bond acceptors (Lipinski definition) is 15. The van der Waals surface area contributed by atoms with Gasteiger partial charge in [0.25, 0.3) is 0 Å². The third-order valence-electron chi connectivity index (χ3n) is 20.6. The van der Waals surface area contributed by atoms with E-state index in [1.54, 1.807) is 0 Å². The first-order valence-electron chi connectivity index (χ1n) is 44.5. The number of aliphatic hydroxyl groups excluding tert-OH is 1. The molecule has 3 unspecified atom stereocenters. The number of phosphoric acid groups is 2. The number of rotatable bonds is 85. The van der Waals surface area contributed by atoms with Gasteiger partial charge in [0.2, 0.25) is 0 Å². The van der Waals surface area contributed by atoms with Crippen LogP contribution in [0.2, 0.25) is 0 Å². The van der Waals surface area contributed by atoms with E-state index in [9.17, 15) is 43.2 Å². The van der Waals surface area contributed by atoms with Crippen LogP contribution in [-0.2, 0) is 65.4 Å². The molecule has 6 atom stereocenters. The molecule has 0 heterocycles. The molecular weight excluding hydrogens is 1370 g/mol. The van der Waals surface area contributed by atoms with Crippen LogP contribution >= 0.6 is 15.6 Å². The summed E-state index contributed by atoms with van der Waals surface area (Å²) in [6.07, 6.45) is 69.4. The van der Waals surface area contributed by atoms with Gasteiger partial charge in [-0.2, -0.15) is 0 Å². The molecule has 105 heavy (non-hydrogen) atoms. The fourth-order valence-electron chi connectivity index (χ4n) is 13.4. The van der Waals surface area contributed by atoms with Crippen molar-refractivity contribution in [2.75, 3.05) is 39.6 Å². The van der Waals surface area contributed by atoms with E-state index >= 15 is 0 Å². The molecule has 0 saturated carbocycles. The van der Waals surface area contributed by atoms with Gasteiger partial charge in [-0.05, 0) is 37.5 Å². The lowest BCUT2D eigenvalue weighted by molar-refractivity contribution is -0.161. The van der Waals surface area contributed by atoms with E-state index < -0.39 is 97.5 Å². The normalized spacial score (nSPS) is 14.1. The molecule has 0 amide bonds. The van der Waals surface area contributed by atoms with Gasteiger partial charge in [0.15, 0.2) is 12.2 Å². The molecule has 17 nitrogen and oxygen atoms in total. The summed E-state index contributed by atoms with van der Waals surface area (Å²) in [4.78, 5) is 73.2. The van der Waals surface area contributed by atoms with Crippen LogP contribution in [0.15, 0.2) is 0 Å². The van der Waals surface area contributed by atoms with E-state index in [1.165, 1.54) is 276 Å². The van der Waals surface area contributed by atoms with Crippen LogP contribution in [0.4, 0.5) is 0 Å². The van der Waals surface area contributed by atoms with E-state index in [0.717, 1.165) is 102 Å². The van der Waals surface area contributed by atoms with Crippen LogP contribution in [0.5, 0.6) is 0 Å². The third-order valence-corrected chi connectivity index (χ3v) is 22.5. The molecule has 19 heteroatoms. The van der Waals surface area contributed by atoms with Crippen LogP contribution in [-0.4, -0.2) is 96.7 Å². The summed E-state index contributed by atoms with van der Waals surface area (Å²) in [6.45, 7) is 9.67. The molecule has 0 aliphatic heterocycles. The number of esters is 4. The monoisotopic (exact) mass is 1540 g/mol. The lowest BCUT2D eigenvalue weighted by Gasteiger charge is -2.21. The third kappa shape index (κ3) is 78.5. The van der Waals surface area contributed by atoms with Gasteiger partial charge in [0.1, 0.15) is 19.3 Å². The van der Waals surface area contributed by atoms with Gasteiger partial charge in [-0.15, -0.1) is 0 Å². The Balaban J connectivity index is 5.25. The van der Waals surface area contributed by atoms with E-state index in [1.807, 2.05) is 0 Å². The highest BCUT2D eigenvalue weighted by atomic mass is 31.2. The molecule has 0 rings (SSSR count). The maximum atomic E-state index is 13.2. The van der Waals surface area contributed by atoms with Gasteiger partial charge >= 0.3 is 39.5 Å². The Morgan fingerprint density at radius 2 is 0.486 bits per heavy atom. The van der Waals surface area contributed by atoms with Crippen molar-refractivity contribution in [3.63, 3.8) is 0 Å². The second kappa shape index (κ2) is 77.4. The summed E-state index contributed by atoms with van der Waals surface area (Å²) in [5.74, 6) is -0.560. The Kier molecular flexibility index (Phi) is 76.0. The maximum absolute atomic E-state index is 13.2. The van der Waals surface area contributed by atoms with Crippen LogP contribution in [0, 0.1) is 11.8 Å². The highest BCUT2D eigenvalue weighted by Crippen LogP contribution is 2.45. The average molecular weight is 1540 g/mol. The molecular formula is C86H168O17P2. The van der Waals surface area contributed by atoms with E-state index in [-0.39, 0.29) is 25.7 Å². The molecule has 0 spiro atoms. The second-order valence-corrected chi connectivity index (χ2v) is 34.6. The number of unbranched alkanes of at least 4 members (excludes halogenated alkanes) is 54. The van der Waals surface area contributed by atoms with Gasteiger partial charge in [-0.3, -0.25) is 37.3 Å². The van der Waals surface area contributed by atoms with Crippen molar-refractivity contribution in [3.05, 3.63) is 0 Å². The highest BCUT2D eigenvalue weighted by molar-refractivity contribution is 7.47. The Morgan fingerprint density at radius 3 is 0.724 bits per heavy atom. The Bertz CT molecular complexity index is 2010. The van der Waals surface area contributed by atoms with E-state index in [0.29, 0.717) is 25.7 Å². The van der Waals surface area contributed by atoms with Crippen LogP contribution in [0.25, 0.3) is 0 Å². The Morgan fingerprint density at radius 1 is 0.276 bits per heavy atom. The molecule has 3 N–H and O–H groups in total. The maximum Gasteiger partial charge on any atom is 0.472 e. The first kappa shape index (κ1) is 103. The number of aliphatic hydroxyl groups is 1. The highest BCUT2D eigenvalue weighted by Gasteiger charge is 2.30. The zero-order chi connectivity index (χ0) is 77.1. The molecule has 0 aromatic rings. The summed E-state index contributed by atoms with van der Waals surface area (Å²) < 4.78 is 68.9. The molecule has 0 fully saturated rings. The fourth-order valence-corrected chi connectivity index (χ4v) is 15.0. The standard InChI is InChI=1S/C86H168O17P2/c1-7-10-12-14-16-18-20-22-24-26-28-29-30-32-34-36-40-44-52-58-64-70-85(90)102-81(74-96-83(88)68-62-56-50-43-39-35-33-31-27-25-23-21-19-17-15-13-11-8-2)76-100-104(92,93)98-72-80(87)73-99-105(94,95)101-77-82(75-97-84(89)69-63-57-51-47-46-49-55-61-67-79(6)9-3)103-86(91)71-65-59-53-45-41-37-38-42-48-54-60-66-78(4)5/h78-82,87H,7-77H2,1-6H3,(H,92,93)(H,94,95)/t79?,80-,81-,82-/m1/s1. The summed E-state index contributed by atoms with van der Waals surface area (Å²) in [7, 11) is -9.93. The number of carbonyl (C=O) groups is 4. The van der Waals surface area contributed by atoms with Crippen molar-refractivity contribution < 1.29 is 80.2 Å². The minimum Gasteiger partial charge on any atom is -0.462 e. The van der Waals surface area contributed by atoms with Gasteiger partial charge < -0.3 is 33.8 Å². The average Bonchev–Trinajstić information content (AvgIpc) is 0.906.